The number of benzene rings is 2. The Morgan fingerprint density at radius 1 is 0.875 bits per heavy atom. The molecular weight excluding hydrogens is 296 g/mol. The van der Waals surface area contributed by atoms with E-state index in [1.165, 1.54) is 18.5 Å². The second-order valence-electron chi connectivity index (χ2n) is 7.00. The highest BCUT2D eigenvalue weighted by molar-refractivity contribution is 6.00. The minimum absolute atomic E-state index is 0.133. The third-order valence-corrected chi connectivity index (χ3v) is 5.56. The zero-order valence-electron chi connectivity index (χ0n) is 14.0. The Morgan fingerprint density at radius 3 is 2.12 bits per heavy atom. The molecule has 0 spiro atoms. The molecule has 0 aromatic heterocycles. The van der Waals surface area contributed by atoms with Gasteiger partial charge in [0.1, 0.15) is 0 Å². The van der Waals surface area contributed by atoms with E-state index in [2.05, 4.69) is 34.5 Å². The van der Waals surface area contributed by atoms with Gasteiger partial charge in [-0.15, -0.1) is 0 Å². The van der Waals surface area contributed by atoms with Gasteiger partial charge in [0.15, 0.2) is 0 Å². The Balaban J connectivity index is 1.49. The first-order valence-corrected chi connectivity index (χ1v) is 9.00. The van der Waals surface area contributed by atoms with Crippen molar-refractivity contribution in [1.29, 1.82) is 0 Å². The van der Waals surface area contributed by atoms with Crippen LogP contribution in [-0.2, 0) is 10.2 Å². The van der Waals surface area contributed by atoms with E-state index in [4.69, 9.17) is 0 Å². The first-order valence-electron chi connectivity index (χ1n) is 9.00. The van der Waals surface area contributed by atoms with E-state index in [1.54, 1.807) is 0 Å². The van der Waals surface area contributed by atoms with Gasteiger partial charge >= 0.3 is 0 Å². The number of anilines is 2. The van der Waals surface area contributed by atoms with E-state index < -0.39 is 0 Å². The average Bonchev–Trinajstić information content (AvgIpc) is 3.10. The first-order chi connectivity index (χ1) is 11.8. The van der Waals surface area contributed by atoms with Crippen molar-refractivity contribution in [2.24, 2.45) is 0 Å². The molecule has 1 heterocycles. The van der Waals surface area contributed by atoms with Crippen LogP contribution in [0.4, 0.5) is 11.4 Å². The van der Waals surface area contributed by atoms with Gasteiger partial charge in [-0.2, -0.15) is 0 Å². The minimum atomic E-state index is -0.338. The van der Waals surface area contributed by atoms with E-state index >= 15 is 0 Å². The van der Waals surface area contributed by atoms with E-state index in [0.29, 0.717) is 0 Å². The van der Waals surface area contributed by atoms with Crippen molar-refractivity contribution in [3.63, 3.8) is 0 Å². The molecule has 1 aliphatic heterocycles. The summed E-state index contributed by atoms with van der Waals surface area (Å²) in [5.74, 6) is 0.133. The molecule has 2 fully saturated rings. The highest BCUT2D eigenvalue weighted by atomic mass is 16.2. The molecule has 2 aromatic carbocycles. The second kappa shape index (κ2) is 6.31. The Morgan fingerprint density at radius 2 is 1.54 bits per heavy atom. The van der Waals surface area contributed by atoms with Gasteiger partial charge in [-0.1, -0.05) is 36.8 Å². The van der Waals surface area contributed by atoms with Gasteiger partial charge < -0.3 is 10.2 Å². The van der Waals surface area contributed by atoms with E-state index in [-0.39, 0.29) is 11.3 Å². The predicted molar refractivity (Wildman–Crippen MR) is 98.5 cm³/mol. The standard InChI is InChI=1S/C21H24N2O/c24-20(21(13-6-14-21)17-7-2-1-3-8-17)22-18-9-11-19(12-10-18)23-15-4-5-16-23/h1-3,7-12H,4-6,13-16H2,(H,22,24). The molecule has 1 saturated heterocycles. The van der Waals surface area contributed by atoms with Gasteiger partial charge in [-0.05, 0) is 55.5 Å². The first kappa shape index (κ1) is 15.3. The maximum Gasteiger partial charge on any atom is 0.235 e. The summed E-state index contributed by atoms with van der Waals surface area (Å²) in [4.78, 5) is 15.3. The smallest absolute Gasteiger partial charge is 0.235 e. The van der Waals surface area contributed by atoms with E-state index in [0.717, 1.165) is 43.6 Å². The van der Waals surface area contributed by atoms with Crippen LogP contribution >= 0.6 is 0 Å². The number of nitrogens with zero attached hydrogens (tertiary/aromatic N) is 1. The maximum atomic E-state index is 12.9. The van der Waals surface area contributed by atoms with Crippen molar-refractivity contribution in [2.45, 2.75) is 37.5 Å². The summed E-state index contributed by atoms with van der Waals surface area (Å²) < 4.78 is 0. The average molecular weight is 320 g/mol. The van der Waals surface area contributed by atoms with Gasteiger partial charge in [0.25, 0.3) is 0 Å². The van der Waals surface area contributed by atoms with Crippen LogP contribution in [-0.4, -0.2) is 19.0 Å². The lowest BCUT2D eigenvalue weighted by Gasteiger charge is -2.40. The SMILES string of the molecule is O=C(Nc1ccc(N2CCCC2)cc1)C1(c2ccccc2)CCC1. The van der Waals surface area contributed by atoms with Gasteiger partial charge in [0.2, 0.25) is 5.91 Å². The number of amides is 1. The van der Waals surface area contributed by atoms with Gasteiger partial charge in [0.05, 0.1) is 5.41 Å². The predicted octanol–water partition coefficient (Wildman–Crippen LogP) is 4.35. The summed E-state index contributed by atoms with van der Waals surface area (Å²) in [6, 6.07) is 18.5. The third kappa shape index (κ3) is 2.68. The van der Waals surface area contributed by atoms with Gasteiger partial charge in [0, 0.05) is 24.5 Å². The summed E-state index contributed by atoms with van der Waals surface area (Å²) in [7, 11) is 0. The lowest BCUT2D eigenvalue weighted by molar-refractivity contribution is -0.124. The van der Waals surface area contributed by atoms with Crippen molar-refractivity contribution in [3.8, 4) is 0 Å². The number of hydrogen-bond acceptors (Lipinski definition) is 2. The molecule has 0 unspecified atom stereocenters. The summed E-state index contributed by atoms with van der Waals surface area (Å²) in [6.45, 7) is 2.28. The molecule has 1 aliphatic carbocycles. The van der Waals surface area contributed by atoms with Crippen LogP contribution in [0.25, 0.3) is 0 Å². The minimum Gasteiger partial charge on any atom is -0.372 e. The number of rotatable bonds is 4. The van der Waals surface area contributed by atoms with Crippen molar-refractivity contribution in [3.05, 3.63) is 60.2 Å². The van der Waals surface area contributed by atoms with Crippen LogP contribution < -0.4 is 10.2 Å². The molecule has 1 N–H and O–H groups in total. The normalized spacial score (nSPS) is 18.9. The van der Waals surface area contributed by atoms with Crippen molar-refractivity contribution < 1.29 is 4.79 Å². The van der Waals surface area contributed by atoms with Crippen molar-refractivity contribution in [1.82, 2.24) is 0 Å². The number of hydrogen-bond donors (Lipinski definition) is 1. The van der Waals surface area contributed by atoms with Crippen LogP contribution in [0.5, 0.6) is 0 Å². The number of nitrogens with one attached hydrogen (secondary N) is 1. The van der Waals surface area contributed by atoms with Gasteiger partial charge in [-0.25, -0.2) is 0 Å². The molecule has 3 nitrogen and oxygen atoms in total. The molecule has 3 heteroatoms. The molecule has 0 atom stereocenters. The second-order valence-corrected chi connectivity index (χ2v) is 7.00. The number of carbonyl (C=O) groups excluding carboxylic acids is 1. The highest BCUT2D eigenvalue weighted by Gasteiger charge is 2.45. The quantitative estimate of drug-likeness (QED) is 0.908. The fraction of sp³-hybridized carbons (Fsp3) is 0.381. The van der Waals surface area contributed by atoms with Crippen LogP contribution in [0.15, 0.2) is 54.6 Å². The van der Waals surface area contributed by atoms with Crippen LogP contribution in [0.1, 0.15) is 37.7 Å². The van der Waals surface area contributed by atoms with Crippen molar-refractivity contribution >= 4 is 17.3 Å². The lowest BCUT2D eigenvalue weighted by atomic mass is 9.64. The van der Waals surface area contributed by atoms with Crippen molar-refractivity contribution in [2.75, 3.05) is 23.3 Å². The molecular formula is C21H24N2O. The highest BCUT2D eigenvalue weighted by Crippen LogP contribution is 2.44. The lowest BCUT2D eigenvalue weighted by Crippen LogP contribution is -2.45. The molecule has 0 bridgehead atoms. The summed E-state index contributed by atoms with van der Waals surface area (Å²) >= 11 is 0. The van der Waals surface area contributed by atoms with Crippen LogP contribution in [0.3, 0.4) is 0 Å². The molecule has 2 aromatic rings. The Bertz CT molecular complexity index is 698. The van der Waals surface area contributed by atoms with E-state index in [9.17, 15) is 4.79 Å². The Labute approximate surface area is 143 Å². The topological polar surface area (TPSA) is 32.3 Å². The molecule has 1 saturated carbocycles. The van der Waals surface area contributed by atoms with Crippen LogP contribution in [0.2, 0.25) is 0 Å². The molecule has 1 amide bonds. The summed E-state index contributed by atoms with van der Waals surface area (Å²) in [6.07, 6.45) is 5.55. The number of carbonyl (C=O) groups is 1. The Kier molecular flexibility index (Phi) is 4.01. The largest absolute Gasteiger partial charge is 0.372 e. The molecule has 4 rings (SSSR count). The molecule has 0 radical (unpaired) electrons. The van der Waals surface area contributed by atoms with E-state index in [1.807, 2.05) is 30.3 Å². The zero-order chi connectivity index (χ0) is 16.4. The molecule has 24 heavy (non-hydrogen) atoms. The summed E-state index contributed by atoms with van der Waals surface area (Å²) in [5.41, 5.74) is 2.95. The Hall–Kier alpha value is -2.29. The van der Waals surface area contributed by atoms with Crippen LogP contribution in [0, 0.1) is 0 Å². The monoisotopic (exact) mass is 320 g/mol. The molecule has 124 valence electrons. The maximum absolute atomic E-state index is 12.9. The van der Waals surface area contributed by atoms with Gasteiger partial charge in [-0.3, -0.25) is 4.79 Å². The summed E-state index contributed by atoms with van der Waals surface area (Å²) in [5, 5.41) is 3.14. The zero-order valence-corrected chi connectivity index (χ0v) is 14.0. The fourth-order valence-corrected chi connectivity index (χ4v) is 3.92. The fourth-order valence-electron chi connectivity index (χ4n) is 3.92. The third-order valence-electron chi connectivity index (χ3n) is 5.56. The molecule has 2 aliphatic rings.